The third-order valence-electron chi connectivity index (χ3n) is 5.77. The van der Waals surface area contributed by atoms with Crippen molar-refractivity contribution in [1.82, 2.24) is 10.2 Å². The van der Waals surface area contributed by atoms with Crippen LogP contribution in [0.15, 0.2) is 30.3 Å². The number of quaternary nitrogens is 1. The summed E-state index contributed by atoms with van der Waals surface area (Å²) in [5.74, 6) is -0.427. The van der Waals surface area contributed by atoms with Gasteiger partial charge in [0.1, 0.15) is 12.6 Å². The number of likely N-dealkylation sites (tertiary alicyclic amines) is 1. The van der Waals surface area contributed by atoms with Crippen LogP contribution in [0.5, 0.6) is 0 Å². The van der Waals surface area contributed by atoms with Crippen molar-refractivity contribution in [2.75, 3.05) is 40.5 Å². The number of amides is 4. The number of carbonyl (C=O) groups excluding carboxylic acids is 3. The molecule has 0 aromatic heterocycles. The van der Waals surface area contributed by atoms with Gasteiger partial charge in [-0.1, -0.05) is 30.3 Å². The van der Waals surface area contributed by atoms with Gasteiger partial charge in [-0.2, -0.15) is 4.79 Å². The number of ketones is 1. The second-order valence-corrected chi connectivity index (χ2v) is 7.99. The number of rotatable bonds is 9. The third kappa shape index (κ3) is 6.04. The van der Waals surface area contributed by atoms with Gasteiger partial charge in [-0.15, -0.1) is 4.48 Å². The average molecular weight is 451 g/mol. The number of hydrogen-bond acceptors (Lipinski definition) is 6. The fourth-order valence-electron chi connectivity index (χ4n) is 3.94. The molecule has 0 radical (unpaired) electrons. The summed E-state index contributed by atoms with van der Waals surface area (Å²) in [6.45, 7) is 1.82. The van der Waals surface area contributed by atoms with Crippen molar-refractivity contribution < 1.29 is 38.2 Å². The molecule has 32 heavy (non-hydrogen) atoms. The molecule has 1 aliphatic rings. The third-order valence-corrected chi connectivity index (χ3v) is 5.77. The quantitative estimate of drug-likeness (QED) is 0.437. The molecule has 1 aromatic rings. The molecule has 1 fully saturated rings. The second-order valence-electron chi connectivity index (χ2n) is 7.99. The molecule has 176 valence electrons. The van der Waals surface area contributed by atoms with Crippen LogP contribution in [0, 0.1) is 0 Å². The normalized spacial score (nSPS) is 20.9. The fourth-order valence-corrected chi connectivity index (χ4v) is 3.94. The highest BCUT2D eigenvalue weighted by Gasteiger charge is 2.54. The van der Waals surface area contributed by atoms with Crippen molar-refractivity contribution in [1.29, 1.82) is 0 Å². The van der Waals surface area contributed by atoms with Gasteiger partial charge in [-0.3, -0.25) is 9.69 Å². The van der Waals surface area contributed by atoms with Crippen molar-refractivity contribution in [3.8, 4) is 0 Å². The Morgan fingerprint density at radius 3 is 2.47 bits per heavy atom. The predicted molar refractivity (Wildman–Crippen MR) is 115 cm³/mol. The van der Waals surface area contributed by atoms with Crippen molar-refractivity contribution >= 4 is 24.0 Å². The Morgan fingerprint density at radius 2 is 1.91 bits per heavy atom. The van der Waals surface area contributed by atoms with Crippen LogP contribution in [-0.2, 0) is 20.7 Å². The van der Waals surface area contributed by atoms with Gasteiger partial charge >= 0.3 is 18.2 Å². The minimum absolute atomic E-state index is 0.0312. The molecule has 1 saturated heterocycles. The average Bonchev–Trinajstić information content (AvgIpc) is 3.15. The van der Waals surface area contributed by atoms with Crippen LogP contribution in [0.25, 0.3) is 0 Å². The van der Waals surface area contributed by atoms with Gasteiger partial charge in [0.2, 0.25) is 0 Å². The highest BCUT2D eigenvalue weighted by atomic mass is 16.6. The Morgan fingerprint density at radius 1 is 1.22 bits per heavy atom. The number of carboxylic acid groups (broad SMARTS) is 1. The van der Waals surface area contributed by atoms with E-state index in [-0.39, 0.29) is 38.8 Å². The maximum Gasteiger partial charge on any atom is 0.523 e. The highest BCUT2D eigenvalue weighted by molar-refractivity contribution is 5.91. The molecular weight excluding hydrogens is 418 g/mol. The Labute approximate surface area is 187 Å². The highest BCUT2D eigenvalue weighted by Crippen LogP contribution is 2.29. The van der Waals surface area contributed by atoms with Gasteiger partial charge in [0.05, 0.1) is 25.7 Å². The van der Waals surface area contributed by atoms with Crippen LogP contribution in [0.2, 0.25) is 0 Å². The molecule has 0 spiro atoms. The topological polar surface area (TPSA) is 122 Å². The van der Waals surface area contributed by atoms with Gasteiger partial charge < -0.3 is 19.9 Å². The Balaban J connectivity index is 2.12. The van der Waals surface area contributed by atoms with E-state index in [2.05, 4.69) is 5.32 Å². The first-order valence-corrected chi connectivity index (χ1v) is 10.6. The lowest BCUT2D eigenvalue weighted by Gasteiger charge is -2.33. The molecule has 0 bridgehead atoms. The molecular formula is C22H32N3O7+. The van der Waals surface area contributed by atoms with Crippen molar-refractivity contribution in [3.05, 3.63) is 35.9 Å². The monoisotopic (exact) mass is 450 g/mol. The zero-order valence-electron chi connectivity index (χ0n) is 18.8. The van der Waals surface area contributed by atoms with Gasteiger partial charge in [-0.25, -0.2) is 9.59 Å². The van der Waals surface area contributed by atoms with E-state index < -0.39 is 34.5 Å². The SMILES string of the molecule is COCCOC(=O)N[C@@H](Cc1ccccc1)C(=O)CN(C)C(=O)[N+]1(C(=O)O)CCC[C@H]1C. The molecule has 0 saturated carbocycles. The van der Waals surface area contributed by atoms with Gasteiger partial charge in [-0.05, 0) is 18.9 Å². The lowest BCUT2D eigenvalue weighted by Crippen LogP contribution is -2.63. The molecule has 2 rings (SSSR count). The summed E-state index contributed by atoms with van der Waals surface area (Å²) in [6.07, 6.45) is -0.554. The number of benzene rings is 1. The zero-order valence-corrected chi connectivity index (χ0v) is 18.8. The Hall–Kier alpha value is -2.98. The van der Waals surface area contributed by atoms with E-state index in [9.17, 15) is 24.3 Å². The van der Waals surface area contributed by atoms with Crippen LogP contribution in [0.4, 0.5) is 14.4 Å². The lowest BCUT2D eigenvalue weighted by atomic mass is 10.0. The van der Waals surface area contributed by atoms with Gasteiger partial charge in [0.15, 0.2) is 5.78 Å². The van der Waals surface area contributed by atoms with Crippen LogP contribution >= 0.6 is 0 Å². The van der Waals surface area contributed by atoms with Gasteiger partial charge in [0.25, 0.3) is 0 Å². The molecule has 1 heterocycles. The summed E-state index contributed by atoms with van der Waals surface area (Å²) >= 11 is 0. The van der Waals surface area contributed by atoms with E-state index in [1.165, 1.54) is 14.2 Å². The summed E-state index contributed by atoms with van der Waals surface area (Å²) in [4.78, 5) is 51.4. The molecule has 1 aliphatic heterocycles. The smallest absolute Gasteiger partial charge is 0.447 e. The number of Topliss-reactive ketones (excluding diaryl/α,β-unsaturated/α-hetero) is 1. The largest absolute Gasteiger partial charge is 0.523 e. The number of nitrogens with one attached hydrogen (secondary N) is 1. The van der Waals surface area contributed by atoms with Crippen LogP contribution < -0.4 is 5.32 Å². The van der Waals surface area contributed by atoms with E-state index in [4.69, 9.17) is 9.47 Å². The van der Waals surface area contributed by atoms with Crippen LogP contribution in [0.1, 0.15) is 25.3 Å². The van der Waals surface area contributed by atoms with Crippen LogP contribution in [-0.4, -0.2) is 91.0 Å². The maximum atomic E-state index is 13.1. The minimum atomic E-state index is -1.22. The first-order chi connectivity index (χ1) is 15.2. The first kappa shape index (κ1) is 25.3. The molecule has 2 N–H and O–H groups in total. The Bertz CT molecular complexity index is 817. The fraction of sp³-hybridized carbons (Fsp3) is 0.545. The van der Waals surface area contributed by atoms with Crippen molar-refractivity contribution in [2.24, 2.45) is 0 Å². The number of urea groups is 1. The summed E-state index contributed by atoms with van der Waals surface area (Å²) in [6, 6.07) is 7.15. The number of carbonyl (C=O) groups is 4. The molecule has 3 atom stereocenters. The number of alkyl carbamates (subject to hydrolysis) is 1. The van der Waals surface area contributed by atoms with Crippen molar-refractivity contribution in [2.45, 2.75) is 38.3 Å². The molecule has 4 amide bonds. The molecule has 10 heteroatoms. The van der Waals surface area contributed by atoms with Crippen molar-refractivity contribution in [3.63, 3.8) is 0 Å². The van der Waals surface area contributed by atoms with Crippen LogP contribution in [0.3, 0.4) is 0 Å². The molecule has 1 unspecified atom stereocenters. The number of likely N-dealkylation sites (N-methyl/N-ethyl adjacent to an activating group) is 1. The molecule has 0 aliphatic carbocycles. The standard InChI is InChI=1S/C22H31N3O7/c1-16-8-7-11-25(16,22(29)30)21(28)24(2)15-19(26)18(14-17-9-5-4-6-10-17)23-20(27)32-13-12-31-3/h4-6,9-10,16,18H,7-8,11-15H2,1-3H3,(H-,23,27,29,30)/p+1/t16-,18+,25?/m1/s1. The molecule has 10 nitrogen and oxygen atoms in total. The lowest BCUT2D eigenvalue weighted by molar-refractivity contribution is -0.790. The number of hydrogen-bond donors (Lipinski definition) is 2. The number of imide groups is 1. The Kier molecular flexibility index (Phi) is 9.15. The van der Waals surface area contributed by atoms with E-state index in [0.29, 0.717) is 12.8 Å². The molecule has 1 aromatic carbocycles. The van der Waals surface area contributed by atoms with E-state index in [1.807, 2.05) is 30.3 Å². The minimum Gasteiger partial charge on any atom is -0.447 e. The summed E-state index contributed by atoms with van der Waals surface area (Å²) in [5.41, 5.74) is 0.819. The summed E-state index contributed by atoms with van der Waals surface area (Å²) < 4.78 is 9.12. The number of methoxy groups -OCH3 is 1. The number of ether oxygens (including phenoxy) is 2. The van der Waals surface area contributed by atoms with E-state index in [0.717, 1.165) is 10.5 Å². The summed E-state index contributed by atoms with van der Waals surface area (Å²) in [5, 5.41) is 12.3. The summed E-state index contributed by atoms with van der Waals surface area (Å²) in [7, 11) is 2.88. The maximum absolute atomic E-state index is 13.1. The first-order valence-electron chi connectivity index (χ1n) is 10.6. The number of nitrogens with zero attached hydrogens (tertiary/aromatic N) is 2. The van der Waals surface area contributed by atoms with Gasteiger partial charge in [0, 0.05) is 27.0 Å². The predicted octanol–water partition coefficient (Wildman–Crippen LogP) is 2.27. The second kappa shape index (κ2) is 11.6. The van der Waals surface area contributed by atoms with E-state index in [1.54, 1.807) is 6.92 Å². The zero-order chi connectivity index (χ0) is 23.7. The van der Waals surface area contributed by atoms with E-state index >= 15 is 0 Å².